The predicted molar refractivity (Wildman–Crippen MR) is 130 cm³/mol. The molecule has 0 spiro atoms. The number of hydrogen-bond acceptors (Lipinski definition) is 3. The number of rotatable bonds is 11. The highest BCUT2D eigenvalue weighted by molar-refractivity contribution is 6.42. The molecule has 0 bridgehead atoms. The molecular weight excluding hydrogens is 447 g/mol. The van der Waals surface area contributed by atoms with E-state index in [0.29, 0.717) is 22.2 Å². The zero-order chi connectivity index (χ0) is 23.7. The van der Waals surface area contributed by atoms with Gasteiger partial charge in [0.1, 0.15) is 11.8 Å². The van der Waals surface area contributed by atoms with Crippen LogP contribution in [0.2, 0.25) is 10.0 Å². The molecule has 0 aliphatic carbocycles. The van der Waals surface area contributed by atoms with Crippen LogP contribution >= 0.6 is 23.2 Å². The molecule has 0 saturated carbocycles. The van der Waals surface area contributed by atoms with Crippen molar-refractivity contribution < 1.29 is 14.3 Å². The van der Waals surface area contributed by atoms with Gasteiger partial charge in [-0.3, -0.25) is 9.59 Å². The first kappa shape index (κ1) is 26.0. The number of carbonyl (C=O) groups excluding carboxylic acids is 2. The van der Waals surface area contributed by atoms with Gasteiger partial charge in [0.2, 0.25) is 5.91 Å². The molecule has 0 aromatic heterocycles. The molecule has 0 saturated heterocycles. The third-order valence-corrected chi connectivity index (χ3v) is 6.16. The van der Waals surface area contributed by atoms with Crippen LogP contribution in [0.4, 0.5) is 0 Å². The molecule has 0 fully saturated rings. The van der Waals surface area contributed by atoms with Gasteiger partial charge in [0.15, 0.2) is 6.61 Å². The molecule has 2 rings (SSSR count). The average Bonchev–Trinajstić information content (AvgIpc) is 2.79. The molecule has 0 aliphatic rings. The van der Waals surface area contributed by atoms with E-state index >= 15 is 0 Å². The third-order valence-electron chi connectivity index (χ3n) is 5.42. The Kier molecular flexibility index (Phi) is 10.3. The molecule has 0 aliphatic heterocycles. The van der Waals surface area contributed by atoms with E-state index in [2.05, 4.69) is 12.2 Å². The van der Waals surface area contributed by atoms with Gasteiger partial charge in [-0.2, -0.15) is 0 Å². The molecule has 32 heavy (non-hydrogen) atoms. The number of hydrogen-bond donors (Lipinski definition) is 1. The number of nitrogens with one attached hydrogen (secondary N) is 1. The first-order chi connectivity index (χ1) is 15.3. The molecule has 5 nitrogen and oxygen atoms in total. The van der Waals surface area contributed by atoms with Crippen molar-refractivity contribution in [2.75, 3.05) is 6.61 Å². The minimum atomic E-state index is -0.628. The Hall–Kier alpha value is -2.24. The molecule has 174 valence electrons. The molecule has 2 atom stereocenters. The normalized spacial score (nSPS) is 12.7. The van der Waals surface area contributed by atoms with Crippen LogP contribution in [-0.4, -0.2) is 35.4 Å². The van der Waals surface area contributed by atoms with Gasteiger partial charge >= 0.3 is 0 Å². The lowest BCUT2D eigenvalue weighted by atomic mass is 10.1. The summed E-state index contributed by atoms with van der Waals surface area (Å²) in [7, 11) is 0. The number of amides is 2. The molecule has 2 amide bonds. The highest BCUT2D eigenvalue weighted by atomic mass is 35.5. The van der Waals surface area contributed by atoms with E-state index in [1.54, 1.807) is 23.1 Å². The van der Waals surface area contributed by atoms with Crippen LogP contribution in [-0.2, 0) is 22.6 Å². The van der Waals surface area contributed by atoms with Gasteiger partial charge in [-0.15, -0.1) is 0 Å². The quantitative estimate of drug-likeness (QED) is 0.453. The monoisotopic (exact) mass is 478 g/mol. The van der Waals surface area contributed by atoms with Gasteiger partial charge in [-0.1, -0.05) is 62.2 Å². The fourth-order valence-electron chi connectivity index (χ4n) is 3.24. The summed E-state index contributed by atoms with van der Waals surface area (Å²) < 4.78 is 5.74. The van der Waals surface area contributed by atoms with Crippen molar-refractivity contribution in [3.63, 3.8) is 0 Å². The summed E-state index contributed by atoms with van der Waals surface area (Å²) in [5.74, 6) is 0.159. The number of benzene rings is 2. The Morgan fingerprint density at radius 3 is 2.19 bits per heavy atom. The van der Waals surface area contributed by atoms with Crippen molar-refractivity contribution >= 4 is 35.0 Å². The molecule has 1 N–H and O–H groups in total. The Balaban J connectivity index is 2.22. The van der Waals surface area contributed by atoms with Gasteiger partial charge in [-0.25, -0.2) is 0 Å². The van der Waals surface area contributed by atoms with Crippen molar-refractivity contribution in [2.45, 2.75) is 65.6 Å². The fraction of sp³-hybridized carbons (Fsp3) is 0.440. The second-order valence-corrected chi connectivity index (χ2v) is 8.61. The van der Waals surface area contributed by atoms with Crippen LogP contribution in [0.15, 0.2) is 42.5 Å². The Morgan fingerprint density at radius 2 is 1.62 bits per heavy atom. The minimum Gasteiger partial charge on any atom is -0.484 e. The Labute approximate surface area is 201 Å². The van der Waals surface area contributed by atoms with E-state index in [1.807, 2.05) is 45.0 Å². The summed E-state index contributed by atoms with van der Waals surface area (Å²) in [6.45, 7) is 7.97. The maximum atomic E-state index is 13.2. The molecule has 0 unspecified atom stereocenters. The van der Waals surface area contributed by atoms with Crippen LogP contribution in [0.3, 0.4) is 0 Å². The summed E-state index contributed by atoms with van der Waals surface area (Å²) >= 11 is 12.2. The Morgan fingerprint density at radius 1 is 0.969 bits per heavy atom. The van der Waals surface area contributed by atoms with E-state index in [9.17, 15) is 9.59 Å². The second-order valence-electron chi connectivity index (χ2n) is 7.80. The zero-order valence-corrected chi connectivity index (χ0v) is 20.7. The molecule has 7 heteroatoms. The van der Waals surface area contributed by atoms with Gasteiger partial charge in [0.05, 0.1) is 10.0 Å². The molecule has 2 aromatic rings. The first-order valence-electron chi connectivity index (χ1n) is 11.0. The first-order valence-corrected chi connectivity index (χ1v) is 11.8. The van der Waals surface area contributed by atoms with Crippen LogP contribution in [0.1, 0.15) is 51.7 Å². The van der Waals surface area contributed by atoms with Crippen molar-refractivity contribution in [1.82, 2.24) is 10.2 Å². The second kappa shape index (κ2) is 12.7. The summed E-state index contributed by atoms with van der Waals surface area (Å²) in [5, 5.41) is 3.83. The van der Waals surface area contributed by atoms with Crippen molar-refractivity contribution in [2.24, 2.45) is 0 Å². The number of carbonyl (C=O) groups is 2. The lowest BCUT2D eigenvalue weighted by Gasteiger charge is -2.31. The molecule has 2 aromatic carbocycles. The van der Waals surface area contributed by atoms with Crippen LogP contribution in [0.25, 0.3) is 0 Å². The molecule has 0 heterocycles. The average molecular weight is 479 g/mol. The van der Waals surface area contributed by atoms with Gasteiger partial charge in [0, 0.05) is 12.6 Å². The topological polar surface area (TPSA) is 58.6 Å². The van der Waals surface area contributed by atoms with Crippen molar-refractivity contribution in [3.8, 4) is 5.75 Å². The van der Waals surface area contributed by atoms with Gasteiger partial charge < -0.3 is 15.0 Å². The Bertz CT molecular complexity index is 903. The lowest BCUT2D eigenvalue weighted by Crippen LogP contribution is -2.51. The smallest absolute Gasteiger partial charge is 0.261 e. The highest BCUT2D eigenvalue weighted by Gasteiger charge is 2.29. The van der Waals surface area contributed by atoms with Crippen molar-refractivity contribution in [1.29, 1.82) is 0 Å². The van der Waals surface area contributed by atoms with Gasteiger partial charge in [0.25, 0.3) is 5.91 Å². The van der Waals surface area contributed by atoms with E-state index in [0.717, 1.165) is 18.4 Å². The predicted octanol–water partition coefficient (Wildman–Crippen LogP) is 5.66. The molecular formula is C25H32Cl2N2O3. The summed E-state index contributed by atoms with van der Waals surface area (Å²) in [5.41, 5.74) is 1.98. The number of ether oxygens (including phenoxy) is 1. The largest absolute Gasteiger partial charge is 0.484 e. The zero-order valence-electron chi connectivity index (χ0n) is 19.2. The van der Waals surface area contributed by atoms with E-state index < -0.39 is 6.04 Å². The number of halogens is 2. The minimum absolute atomic E-state index is 0.0202. The summed E-state index contributed by atoms with van der Waals surface area (Å²) in [6, 6.07) is 12.2. The van der Waals surface area contributed by atoms with Crippen LogP contribution in [0.5, 0.6) is 5.75 Å². The van der Waals surface area contributed by atoms with E-state index in [4.69, 9.17) is 27.9 Å². The maximum absolute atomic E-state index is 13.2. The van der Waals surface area contributed by atoms with E-state index in [1.165, 1.54) is 5.56 Å². The highest BCUT2D eigenvalue weighted by Crippen LogP contribution is 2.24. The van der Waals surface area contributed by atoms with E-state index in [-0.39, 0.29) is 31.0 Å². The van der Waals surface area contributed by atoms with Gasteiger partial charge in [-0.05, 0) is 61.6 Å². The maximum Gasteiger partial charge on any atom is 0.261 e. The molecule has 0 radical (unpaired) electrons. The van der Waals surface area contributed by atoms with Crippen LogP contribution < -0.4 is 10.1 Å². The van der Waals surface area contributed by atoms with Crippen LogP contribution in [0, 0.1) is 0 Å². The lowest BCUT2D eigenvalue weighted by molar-refractivity contribution is -0.143. The standard InChI is InChI=1S/C25H32Cl2N2O3/c1-5-17(4)28-25(31)23(7-3)29(15-19-10-13-21(26)22(27)14-19)24(30)16-32-20-11-8-18(6-2)9-12-20/h8-14,17,23H,5-7,15-16H2,1-4H3,(H,28,31)/t17-,23-/m1/s1. The fourth-order valence-corrected chi connectivity index (χ4v) is 3.57. The third kappa shape index (κ3) is 7.42. The van der Waals surface area contributed by atoms with Crippen molar-refractivity contribution in [3.05, 3.63) is 63.6 Å². The summed E-state index contributed by atoms with van der Waals surface area (Å²) in [4.78, 5) is 27.7. The SMILES string of the molecule is CCc1ccc(OCC(=O)N(Cc2ccc(Cl)c(Cl)c2)[C@H](CC)C(=O)N[C@H](C)CC)cc1. The number of aryl methyl sites for hydroxylation is 1. The summed E-state index contributed by atoms with van der Waals surface area (Å²) in [6.07, 6.45) is 2.21. The number of nitrogens with zero attached hydrogens (tertiary/aromatic N) is 1.